The molecule has 1 N–H and O–H groups in total. The van der Waals surface area contributed by atoms with Crippen molar-refractivity contribution in [2.24, 2.45) is 40.4 Å². The molecule has 4 rings (SSSR count). The molecule has 0 radical (unpaired) electrons. The van der Waals surface area contributed by atoms with Crippen LogP contribution in [0.3, 0.4) is 0 Å². The minimum absolute atomic E-state index is 0.267. The molecule has 0 aromatic carbocycles. The minimum Gasteiger partial charge on any atom is -0.390 e. The molecule has 24 heavy (non-hydrogen) atoms. The van der Waals surface area contributed by atoms with Crippen molar-refractivity contribution >= 4 is 5.78 Å². The molecule has 4 saturated carbocycles. The minimum atomic E-state index is -0.430. The van der Waals surface area contributed by atoms with Crippen molar-refractivity contribution in [3.8, 4) is 0 Å². The molecular formula is C22H36O2. The molecule has 0 bridgehead atoms. The summed E-state index contributed by atoms with van der Waals surface area (Å²) < 4.78 is 0. The van der Waals surface area contributed by atoms with Crippen molar-refractivity contribution in [3.05, 3.63) is 0 Å². The van der Waals surface area contributed by atoms with Gasteiger partial charge in [-0.2, -0.15) is 0 Å². The first-order valence-corrected chi connectivity index (χ1v) is 10.4. The zero-order valence-corrected chi connectivity index (χ0v) is 16.1. The Bertz CT molecular complexity index is 538. The summed E-state index contributed by atoms with van der Waals surface area (Å²) in [5.74, 6) is 3.85. The van der Waals surface area contributed by atoms with Crippen LogP contribution in [0, 0.1) is 40.4 Å². The number of carbonyl (C=O) groups is 1. The average molecular weight is 333 g/mol. The van der Waals surface area contributed by atoms with E-state index in [2.05, 4.69) is 13.8 Å². The molecule has 0 aliphatic heterocycles. The predicted molar refractivity (Wildman–Crippen MR) is 96.5 cm³/mol. The molecule has 0 heterocycles. The van der Waals surface area contributed by atoms with E-state index in [0.29, 0.717) is 17.1 Å². The van der Waals surface area contributed by atoms with E-state index in [-0.39, 0.29) is 5.41 Å². The Morgan fingerprint density at radius 2 is 1.46 bits per heavy atom. The maximum atomic E-state index is 12.2. The van der Waals surface area contributed by atoms with Crippen LogP contribution in [0.2, 0.25) is 0 Å². The van der Waals surface area contributed by atoms with Crippen LogP contribution in [0.1, 0.15) is 85.5 Å². The van der Waals surface area contributed by atoms with E-state index < -0.39 is 5.60 Å². The van der Waals surface area contributed by atoms with E-state index in [4.69, 9.17) is 0 Å². The van der Waals surface area contributed by atoms with E-state index in [1.165, 1.54) is 38.5 Å². The van der Waals surface area contributed by atoms with Crippen LogP contribution >= 0.6 is 0 Å². The number of Topliss-reactive ketones (excluding diaryl/α,β-unsaturated/α-hetero) is 1. The Hall–Kier alpha value is -0.370. The molecule has 4 aliphatic rings. The standard InChI is InChI=1S/C22H36O2/c1-14(23)16-7-8-19-18-6-5-15-13-20(2,24)10-9-17(15)22(18,4)12-11-21(16,19)3/h15-19,24H,5-13H2,1-4H3/t15-,16+,17-,18-,19-,20+,21+,22+/m0/s1. The van der Waals surface area contributed by atoms with E-state index in [1.54, 1.807) is 0 Å². The monoisotopic (exact) mass is 332 g/mol. The van der Waals surface area contributed by atoms with Crippen molar-refractivity contribution in [2.75, 3.05) is 0 Å². The van der Waals surface area contributed by atoms with Crippen molar-refractivity contribution in [1.29, 1.82) is 0 Å². The zero-order valence-electron chi connectivity index (χ0n) is 16.1. The van der Waals surface area contributed by atoms with Crippen molar-refractivity contribution in [2.45, 2.75) is 91.1 Å². The summed E-state index contributed by atoms with van der Waals surface area (Å²) in [7, 11) is 0. The Morgan fingerprint density at radius 3 is 2.17 bits per heavy atom. The predicted octanol–water partition coefficient (Wildman–Crippen LogP) is 4.99. The van der Waals surface area contributed by atoms with Crippen molar-refractivity contribution in [1.82, 2.24) is 0 Å². The van der Waals surface area contributed by atoms with E-state index in [0.717, 1.165) is 42.9 Å². The number of hydrogen-bond donors (Lipinski definition) is 1. The second-order valence-electron chi connectivity index (χ2n) is 10.6. The third kappa shape index (κ3) is 2.27. The van der Waals surface area contributed by atoms with Crippen LogP contribution < -0.4 is 0 Å². The molecule has 0 saturated heterocycles. The van der Waals surface area contributed by atoms with Gasteiger partial charge in [-0.15, -0.1) is 0 Å². The highest BCUT2D eigenvalue weighted by atomic mass is 16.3. The van der Waals surface area contributed by atoms with Crippen molar-refractivity contribution < 1.29 is 9.90 Å². The van der Waals surface area contributed by atoms with E-state index in [9.17, 15) is 9.90 Å². The summed E-state index contributed by atoms with van der Waals surface area (Å²) >= 11 is 0. The van der Waals surface area contributed by atoms with Crippen LogP contribution in [0.25, 0.3) is 0 Å². The fraction of sp³-hybridized carbons (Fsp3) is 0.955. The normalized spacial score (nSPS) is 57.0. The van der Waals surface area contributed by atoms with Crippen LogP contribution in [0.5, 0.6) is 0 Å². The van der Waals surface area contributed by atoms with E-state index >= 15 is 0 Å². The van der Waals surface area contributed by atoms with Gasteiger partial charge < -0.3 is 5.11 Å². The maximum absolute atomic E-state index is 12.2. The van der Waals surface area contributed by atoms with E-state index in [1.807, 2.05) is 13.8 Å². The first kappa shape index (κ1) is 17.1. The quantitative estimate of drug-likeness (QED) is 0.735. The molecular weight excluding hydrogens is 296 g/mol. The molecule has 2 nitrogen and oxygen atoms in total. The van der Waals surface area contributed by atoms with Crippen LogP contribution in [0.4, 0.5) is 0 Å². The third-order valence-corrected chi connectivity index (χ3v) is 9.40. The van der Waals surface area contributed by atoms with Crippen molar-refractivity contribution in [3.63, 3.8) is 0 Å². The van der Waals surface area contributed by atoms with Gasteiger partial charge in [0.2, 0.25) is 0 Å². The molecule has 0 unspecified atom stereocenters. The van der Waals surface area contributed by atoms with Gasteiger partial charge in [-0.1, -0.05) is 13.8 Å². The number of rotatable bonds is 1. The Kier molecular flexibility index (Phi) is 3.78. The highest BCUT2D eigenvalue weighted by Crippen LogP contribution is 2.69. The fourth-order valence-corrected chi connectivity index (χ4v) is 8.20. The lowest BCUT2D eigenvalue weighted by Gasteiger charge is -2.62. The number of hydrogen-bond acceptors (Lipinski definition) is 2. The summed E-state index contributed by atoms with van der Waals surface area (Å²) in [5.41, 5.74) is 0.291. The second kappa shape index (κ2) is 5.32. The van der Waals surface area contributed by atoms with Gasteiger partial charge in [-0.3, -0.25) is 4.79 Å². The average Bonchev–Trinajstić information content (AvgIpc) is 2.83. The topological polar surface area (TPSA) is 37.3 Å². The maximum Gasteiger partial charge on any atom is 0.133 e. The molecule has 0 spiro atoms. The Morgan fingerprint density at radius 1 is 0.833 bits per heavy atom. The summed E-state index contributed by atoms with van der Waals surface area (Å²) in [4.78, 5) is 12.2. The molecule has 0 aromatic heterocycles. The van der Waals surface area contributed by atoms with Crippen LogP contribution in [-0.4, -0.2) is 16.5 Å². The van der Waals surface area contributed by atoms with Crippen LogP contribution in [0.15, 0.2) is 0 Å². The lowest BCUT2D eigenvalue weighted by atomic mass is 9.43. The molecule has 4 fully saturated rings. The molecule has 0 aromatic rings. The smallest absolute Gasteiger partial charge is 0.133 e. The number of carbonyl (C=O) groups excluding carboxylic acids is 1. The summed E-state index contributed by atoms with van der Waals surface area (Å²) in [6, 6.07) is 0. The van der Waals surface area contributed by atoms with Crippen LogP contribution in [-0.2, 0) is 4.79 Å². The molecule has 136 valence electrons. The molecule has 4 aliphatic carbocycles. The molecule has 2 heteroatoms. The van der Waals surface area contributed by atoms with Gasteiger partial charge in [0.15, 0.2) is 0 Å². The third-order valence-electron chi connectivity index (χ3n) is 9.40. The first-order valence-electron chi connectivity index (χ1n) is 10.4. The summed E-state index contributed by atoms with van der Waals surface area (Å²) in [6.07, 6.45) is 10.8. The van der Waals surface area contributed by atoms with Gasteiger partial charge >= 0.3 is 0 Å². The Balaban J connectivity index is 1.62. The van der Waals surface area contributed by atoms with Gasteiger partial charge in [-0.05, 0) is 106 Å². The summed E-state index contributed by atoms with van der Waals surface area (Å²) in [5, 5.41) is 10.5. The van der Waals surface area contributed by atoms with Gasteiger partial charge in [0.1, 0.15) is 5.78 Å². The lowest BCUT2D eigenvalue weighted by molar-refractivity contribution is -0.152. The highest BCUT2D eigenvalue weighted by Gasteiger charge is 2.62. The van der Waals surface area contributed by atoms with Gasteiger partial charge in [0.05, 0.1) is 5.60 Å². The Labute approximate surface area is 147 Å². The largest absolute Gasteiger partial charge is 0.390 e. The second-order valence-corrected chi connectivity index (χ2v) is 10.6. The highest BCUT2D eigenvalue weighted by molar-refractivity contribution is 5.79. The number of fused-ring (bicyclic) bond motifs is 5. The number of ketones is 1. The fourth-order valence-electron chi connectivity index (χ4n) is 8.20. The SMILES string of the molecule is CC(=O)[C@H]1CC[C@H]2[C@@H]3CC[C@H]4C[C@](C)(O)CC[C@@H]4[C@@]3(C)CC[C@]12C. The molecule has 8 atom stereocenters. The molecule has 0 amide bonds. The lowest BCUT2D eigenvalue weighted by Crippen LogP contribution is -2.56. The first-order chi connectivity index (χ1) is 11.2. The number of aliphatic hydroxyl groups is 1. The summed E-state index contributed by atoms with van der Waals surface area (Å²) in [6.45, 7) is 8.89. The van der Waals surface area contributed by atoms with Gasteiger partial charge in [0, 0.05) is 5.92 Å². The zero-order chi connectivity index (χ0) is 17.3. The van der Waals surface area contributed by atoms with Gasteiger partial charge in [-0.25, -0.2) is 0 Å². The van der Waals surface area contributed by atoms with Gasteiger partial charge in [0.25, 0.3) is 0 Å².